The first-order valence-corrected chi connectivity index (χ1v) is 7.61. The second-order valence-electron chi connectivity index (χ2n) is 5.86. The van der Waals surface area contributed by atoms with Gasteiger partial charge in [0.05, 0.1) is 0 Å². The second-order valence-corrected chi connectivity index (χ2v) is 5.86. The average molecular weight is 245 g/mol. The highest BCUT2D eigenvalue weighted by molar-refractivity contribution is 5.23. The molecular formula is C17H27N. The van der Waals surface area contributed by atoms with Crippen molar-refractivity contribution in [2.24, 2.45) is 11.7 Å². The third-order valence-electron chi connectivity index (χ3n) is 4.35. The molecule has 18 heavy (non-hydrogen) atoms. The highest BCUT2D eigenvalue weighted by Crippen LogP contribution is 2.29. The van der Waals surface area contributed by atoms with Gasteiger partial charge in [-0.15, -0.1) is 0 Å². The van der Waals surface area contributed by atoms with Crippen LogP contribution < -0.4 is 5.73 Å². The minimum atomic E-state index is 0.345. The van der Waals surface area contributed by atoms with Crippen LogP contribution >= 0.6 is 0 Å². The average Bonchev–Trinajstić information content (AvgIpc) is 2.90. The van der Waals surface area contributed by atoms with Gasteiger partial charge in [-0.25, -0.2) is 0 Å². The van der Waals surface area contributed by atoms with Gasteiger partial charge in [0, 0.05) is 6.04 Å². The Morgan fingerprint density at radius 2 is 1.72 bits per heavy atom. The molecule has 1 unspecified atom stereocenters. The van der Waals surface area contributed by atoms with E-state index in [9.17, 15) is 0 Å². The SMILES string of the molecule is CCc1ccc(CC(N)CCC2CCCC2)cc1. The summed E-state index contributed by atoms with van der Waals surface area (Å²) in [5.41, 5.74) is 9.06. The predicted octanol–water partition coefficient (Wildman–Crippen LogP) is 4.09. The molecule has 1 aromatic carbocycles. The number of aryl methyl sites for hydroxylation is 1. The summed E-state index contributed by atoms with van der Waals surface area (Å²) in [6.07, 6.45) is 10.5. The normalized spacial score (nSPS) is 18.1. The van der Waals surface area contributed by atoms with Gasteiger partial charge in [-0.05, 0) is 42.7 Å². The summed E-state index contributed by atoms with van der Waals surface area (Å²) in [7, 11) is 0. The third-order valence-corrected chi connectivity index (χ3v) is 4.35. The number of benzene rings is 1. The van der Waals surface area contributed by atoms with Crippen LogP contribution in [0.3, 0.4) is 0 Å². The molecule has 1 aliphatic carbocycles. The molecule has 0 heterocycles. The highest BCUT2D eigenvalue weighted by atomic mass is 14.6. The van der Waals surface area contributed by atoms with Gasteiger partial charge in [-0.2, -0.15) is 0 Å². The van der Waals surface area contributed by atoms with Crippen LogP contribution in [0.4, 0.5) is 0 Å². The number of rotatable bonds is 6. The number of hydrogen-bond donors (Lipinski definition) is 1. The first kappa shape index (κ1) is 13.6. The van der Waals surface area contributed by atoms with Crippen molar-refractivity contribution in [1.29, 1.82) is 0 Å². The molecule has 1 fully saturated rings. The van der Waals surface area contributed by atoms with Crippen LogP contribution in [0, 0.1) is 5.92 Å². The fourth-order valence-corrected chi connectivity index (χ4v) is 3.06. The van der Waals surface area contributed by atoms with E-state index in [-0.39, 0.29) is 0 Å². The largest absolute Gasteiger partial charge is 0.327 e. The standard InChI is InChI=1S/C17H27N/c1-2-14-7-9-16(10-8-14)13-17(18)12-11-15-5-3-4-6-15/h7-10,15,17H,2-6,11-13,18H2,1H3. The second kappa shape index (κ2) is 6.94. The molecule has 0 saturated heterocycles. The first-order valence-electron chi connectivity index (χ1n) is 7.61. The lowest BCUT2D eigenvalue weighted by Gasteiger charge is -2.15. The van der Waals surface area contributed by atoms with E-state index in [0.717, 1.165) is 18.8 Å². The molecule has 1 aromatic rings. The van der Waals surface area contributed by atoms with E-state index in [1.165, 1.54) is 49.7 Å². The van der Waals surface area contributed by atoms with Crippen molar-refractivity contribution >= 4 is 0 Å². The fourth-order valence-electron chi connectivity index (χ4n) is 3.06. The smallest absolute Gasteiger partial charge is 0.00794 e. The summed E-state index contributed by atoms with van der Waals surface area (Å²) < 4.78 is 0. The van der Waals surface area contributed by atoms with Gasteiger partial charge in [0.2, 0.25) is 0 Å². The van der Waals surface area contributed by atoms with Crippen LogP contribution in [-0.2, 0) is 12.8 Å². The Balaban J connectivity index is 1.73. The molecule has 2 rings (SSSR count). The summed E-state index contributed by atoms with van der Waals surface area (Å²) in [6, 6.07) is 9.30. The maximum absolute atomic E-state index is 6.25. The van der Waals surface area contributed by atoms with Crippen molar-refractivity contribution < 1.29 is 0 Å². The van der Waals surface area contributed by atoms with Gasteiger partial charge in [-0.1, -0.05) is 56.9 Å². The maximum atomic E-state index is 6.25. The Morgan fingerprint density at radius 1 is 1.11 bits per heavy atom. The van der Waals surface area contributed by atoms with Crippen molar-refractivity contribution in [2.45, 2.75) is 64.3 Å². The van der Waals surface area contributed by atoms with Crippen LogP contribution in [0.5, 0.6) is 0 Å². The van der Waals surface area contributed by atoms with Gasteiger partial charge in [0.25, 0.3) is 0 Å². The van der Waals surface area contributed by atoms with Gasteiger partial charge < -0.3 is 5.73 Å². The molecule has 1 atom stereocenters. The predicted molar refractivity (Wildman–Crippen MR) is 78.7 cm³/mol. The zero-order chi connectivity index (χ0) is 12.8. The number of nitrogens with two attached hydrogens (primary N) is 1. The summed E-state index contributed by atoms with van der Waals surface area (Å²) >= 11 is 0. The van der Waals surface area contributed by atoms with E-state index in [4.69, 9.17) is 5.73 Å². The molecule has 1 saturated carbocycles. The summed E-state index contributed by atoms with van der Waals surface area (Å²) in [6.45, 7) is 2.20. The van der Waals surface area contributed by atoms with Crippen molar-refractivity contribution in [1.82, 2.24) is 0 Å². The zero-order valence-corrected chi connectivity index (χ0v) is 11.7. The minimum absolute atomic E-state index is 0.345. The molecule has 2 N–H and O–H groups in total. The molecule has 0 aromatic heterocycles. The van der Waals surface area contributed by atoms with Gasteiger partial charge in [0.1, 0.15) is 0 Å². The molecule has 0 aliphatic heterocycles. The third kappa shape index (κ3) is 4.13. The Hall–Kier alpha value is -0.820. The number of hydrogen-bond acceptors (Lipinski definition) is 1. The fraction of sp³-hybridized carbons (Fsp3) is 0.647. The van der Waals surface area contributed by atoms with Crippen LogP contribution in [0.15, 0.2) is 24.3 Å². The van der Waals surface area contributed by atoms with E-state index < -0.39 is 0 Å². The minimum Gasteiger partial charge on any atom is -0.327 e. The molecule has 1 heteroatoms. The first-order chi connectivity index (χ1) is 8.78. The topological polar surface area (TPSA) is 26.0 Å². The molecule has 0 amide bonds. The summed E-state index contributed by atoms with van der Waals surface area (Å²) in [5.74, 6) is 0.971. The molecule has 0 bridgehead atoms. The van der Waals surface area contributed by atoms with Crippen molar-refractivity contribution in [3.05, 3.63) is 35.4 Å². The van der Waals surface area contributed by atoms with Gasteiger partial charge >= 0.3 is 0 Å². The van der Waals surface area contributed by atoms with Crippen molar-refractivity contribution in [3.63, 3.8) is 0 Å². The Labute approximate surface area is 112 Å². The molecule has 0 radical (unpaired) electrons. The van der Waals surface area contributed by atoms with Crippen molar-refractivity contribution in [2.75, 3.05) is 0 Å². The Kier molecular flexibility index (Phi) is 5.25. The molecule has 1 aliphatic rings. The highest BCUT2D eigenvalue weighted by Gasteiger charge is 2.16. The Bertz CT molecular complexity index is 335. The van der Waals surface area contributed by atoms with Crippen LogP contribution in [0.1, 0.15) is 56.6 Å². The van der Waals surface area contributed by atoms with Crippen LogP contribution in [0.2, 0.25) is 0 Å². The van der Waals surface area contributed by atoms with E-state index in [0.29, 0.717) is 6.04 Å². The Morgan fingerprint density at radius 3 is 2.33 bits per heavy atom. The van der Waals surface area contributed by atoms with E-state index in [1.807, 2.05) is 0 Å². The molecule has 0 spiro atoms. The van der Waals surface area contributed by atoms with E-state index in [1.54, 1.807) is 0 Å². The maximum Gasteiger partial charge on any atom is 0.00794 e. The lowest BCUT2D eigenvalue weighted by Crippen LogP contribution is -2.23. The van der Waals surface area contributed by atoms with E-state index >= 15 is 0 Å². The molecular weight excluding hydrogens is 218 g/mol. The van der Waals surface area contributed by atoms with Gasteiger partial charge in [-0.3, -0.25) is 0 Å². The van der Waals surface area contributed by atoms with Crippen molar-refractivity contribution in [3.8, 4) is 0 Å². The van der Waals surface area contributed by atoms with E-state index in [2.05, 4.69) is 31.2 Å². The molecule has 100 valence electrons. The monoisotopic (exact) mass is 245 g/mol. The van der Waals surface area contributed by atoms with Crippen LogP contribution in [-0.4, -0.2) is 6.04 Å². The summed E-state index contributed by atoms with van der Waals surface area (Å²) in [4.78, 5) is 0. The van der Waals surface area contributed by atoms with Gasteiger partial charge in [0.15, 0.2) is 0 Å². The lowest BCUT2D eigenvalue weighted by atomic mass is 9.95. The lowest BCUT2D eigenvalue weighted by molar-refractivity contribution is 0.447. The quantitative estimate of drug-likeness (QED) is 0.802. The zero-order valence-electron chi connectivity index (χ0n) is 11.7. The van der Waals surface area contributed by atoms with Crippen LogP contribution in [0.25, 0.3) is 0 Å². The summed E-state index contributed by atoms with van der Waals surface area (Å²) in [5, 5.41) is 0. The molecule has 1 nitrogen and oxygen atoms in total.